The van der Waals surface area contributed by atoms with Crippen LogP contribution >= 0.6 is 0 Å². The van der Waals surface area contributed by atoms with Crippen molar-refractivity contribution < 1.29 is 33.7 Å². The average molecular weight is 385 g/mol. The van der Waals surface area contributed by atoms with Crippen molar-refractivity contribution in [3.63, 3.8) is 0 Å². The molecule has 2 N–H and O–H groups in total. The Kier molecular flexibility index (Phi) is 6.75. The van der Waals surface area contributed by atoms with Crippen LogP contribution in [0.3, 0.4) is 0 Å². The van der Waals surface area contributed by atoms with Crippen molar-refractivity contribution in [1.29, 1.82) is 0 Å². The summed E-state index contributed by atoms with van der Waals surface area (Å²) >= 11 is 0. The number of esters is 1. The molecule has 146 valence electrons. The zero-order valence-corrected chi connectivity index (χ0v) is 15.5. The van der Waals surface area contributed by atoms with E-state index in [1.165, 1.54) is 33.3 Å². The fourth-order valence-corrected chi connectivity index (χ4v) is 2.39. The van der Waals surface area contributed by atoms with Gasteiger partial charge in [-0.1, -0.05) is 18.2 Å². The van der Waals surface area contributed by atoms with Gasteiger partial charge in [-0.2, -0.15) is 0 Å². The summed E-state index contributed by atoms with van der Waals surface area (Å²) in [7, 11) is 2.48. The van der Waals surface area contributed by atoms with E-state index in [1.54, 1.807) is 30.3 Å². The number of nitrogens with one attached hydrogen (secondary N) is 1. The Morgan fingerprint density at radius 1 is 1.04 bits per heavy atom. The van der Waals surface area contributed by atoms with Gasteiger partial charge in [0.15, 0.2) is 0 Å². The minimum absolute atomic E-state index is 0.0528. The van der Waals surface area contributed by atoms with Gasteiger partial charge in [0.2, 0.25) is 11.7 Å². The lowest BCUT2D eigenvalue weighted by molar-refractivity contribution is -0.138. The molecule has 1 amide bonds. The van der Waals surface area contributed by atoms with Crippen LogP contribution in [0.2, 0.25) is 0 Å². The van der Waals surface area contributed by atoms with E-state index < -0.39 is 11.9 Å². The second-order valence-corrected chi connectivity index (χ2v) is 5.59. The van der Waals surface area contributed by atoms with Gasteiger partial charge in [-0.05, 0) is 35.4 Å². The Balaban J connectivity index is 2.43. The first-order valence-electron chi connectivity index (χ1n) is 8.10. The highest BCUT2D eigenvalue weighted by Gasteiger charge is 2.19. The molecule has 0 saturated carbocycles. The molecule has 0 aliphatic rings. The second-order valence-electron chi connectivity index (χ2n) is 5.59. The van der Waals surface area contributed by atoms with Gasteiger partial charge in [-0.3, -0.25) is 4.79 Å². The standard InChI is InChI=1S/C20H19NO7/c1-12(22)21-15-6-4-5-13(9-15)14-7-8-17(16(10-14)19(23)24)28-18(11-26-2)20(25)27-3/h4-11H,1-3H3,(H,21,22)(H,23,24)/b18-11+. The number of ether oxygens (including phenoxy) is 3. The van der Waals surface area contributed by atoms with Crippen LogP contribution in [0.1, 0.15) is 17.3 Å². The predicted octanol–water partition coefficient (Wildman–Crippen LogP) is 3.05. The van der Waals surface area contributed by atoms with Gasteiger partial charge in [0, 0.05) is 12.6 Å². The zero-order valence-electron chi connectivity index (χ0n) is 15.5. The number of anilines is 1. The number of carboxylic acid groups (broad SMARTS) is 1. The van der Waals surface area contributed by atoms with E-state index in [1.807, 2.05) is 0 Å². The third kappa shape index (κ3) is 5.10. The van der Waals surface area contributed by atoms with E-state index in [4.69, 9.17) is 9.47 Å². The molecule has 0 radical (unpaired) electrons. The van der Waals surface area contributed by atoms with Crippen molar-refractivity contribution in [2.24, 2.45) is 0 Å². The molecule has 2 aromatic rings. The highest BCUT2D eigenvalue weighted by atomic mass is 16.6. The Morgan fingerprint density at radius 3 is 2.36 bits per heavy atom. The maximum Gasteiger partial charge on any atom is 0.377 e. The highest BCUT2D eigenvalue weighted by molar-refractivity contribution is 5.94. The summed E-state index contributed by atoms with van der Waals surface area (Å²) in [4.78, 5) is 34.6. The van der Waals surface area contributed by atoms with E-state index >= 15 is 0 Å². The van der Waals surface area contributed by atoms with E-state index in [0.717, 1.165) is 6.26 Å². The minimum atomic E-state index is -1.24. The van der Waals surface area contributed by atoms with Gasteiger partial charge >= 0.3 is 11.9 Å². The van der Waals surface area contributed by atoms with Crippen LogP contribution in [0.15, 0.2) is 54.5 Å². The van der Waals surface area contributed by atoms with Crippen molar-refractivity contribution >= 4 is 23.5 Å². The molecule has 0 aliphatic carbocycles. The molecule has 0 unspecified atom stereocenters. The van der Waals surface area contributed by atoms with E-state index in [2.05, 4.69) is 10.1 Å². The number of benzene rings is 2. The molecule has 0 heterocycles. The number of carbonyl (C=O) groups excluding carboxylic acids is 2. The molecular formula is C20H19NO7. The number of hydrogen-bond acceptors (Lipinski definition) is 6. The van der Waals surface area contributed by atoms with Crippen LogP contribution in [0.5, 0.6) is 5.75 Å². The Bertz CT molecular complexity index is 934. The summed E-state index contributed by atoms with van der Waals surface area (Å²) in [5.74, 6) is -2.62. The van der Waals surface area contributed by atoms with Crippen LogP contribution in [0, 0.1) is 0 Å². The van der Waals surface area contributed by atoms with Crippen molar-refractivity contribution in [3.05, 3.63) is 60.0 Å². The summed E-state index contributed by atoms with van der Waals surface area (Å²) in [6.07, 6.45) is 1.02. The predicted molar refractivity (Wildman–Crippen MR) is 101 cm³/mol. The highest BCUT2D eigenvalue weighted by Crippen LogP contribution is 2.29. The number of aromatic carboxylic acids is 1. The van der Waals surface area contributed by atoms with Gasteiger partial charge in [0.25, 0.3) is 0 Å². The normalized spacial score (nSPS) is 10.8. The molecule has 0 aromatic heterocycles. The summed E-state index contributed by atoms with van der Waals surface area (Å²) < 4.78 is 14.7. The lowest BCUT2D eigenvalue weighted by atomic mass is 10.0. The first kappa shape index (κ1) is 20.5. The van der Waals surface area contributed by atoms with Crippen LogP contribution in [0.25, 0.3) is 11.1 Å². The maximum atomic E-state index is 11.7. The number of amides is 1. The van der Waals surface area contributed by atoms with Crippen LogP contribution < -0.4 is 10.1 Å². The monoisotopic (exact) mass is 385 g/mol. The topological polar surface area (TPSA) is 111 Å². The molecule has 0 atom stereocenters. The third-order valence-electron chi connectivity index (χ3n) is 3.56. The molecule has 2 rings (SSSR count). The quantitative estimate of drug-likeness (QED) is 0.428. The lowest BCUT2D eigenvalue weighted by Crippen LogP contribution is -2.13. The molecule has 0 aliphatic heterocycles. The summed E-state index contributed by atoms with van der Waals surface area (Å²) in [6.45, 7) is 1.40. The first-order valence-corrected chi connectivity index (χ1v) is 8.10. The fourth-order valence-electron chi connectivity index (χ4n) is 2.39. The number of methoxy groups -OCH3 is 2. The summed E-state index contributed by atoms with van der Waals surface area (Å²) in [5.41, 5.74) is 1.71. The second kappa shape index (κ2) is 9.22. The van der Waals surface area contributed by atoms with Gasteiger partial charge < -0.3 is 24.6 Å². The molecule has 0 saturated heterocycles. The number of carbonyl (C=O) groups is 3. The fraction of sp³-hybridized carbons (Fsp3) is 0.150. The smallest absolute Gasteiger partial charge is 0.377 e. The molecule has 0 fully saturated rings. The number of hydrogen-bond donors (Lipinski definition) is 2. The first-order chi connectivity index (χ1) is 13.3. The van der Waals surface area contributed by atoms with Crippen molar-refractivity contribution in [2.75, 3.05) is 19.5 Å². The van der Waals surface area contributed by atoms with Crippen LogP contribution in [-0.2, 0) is 19.1 Å². The molecule has 0 spiro atoms. The largest absolute Gasteiger partial charge is 0.500 e. The molecule has 8 heteroatoms. The minimum Gasteiger partial charge on any atom is -0.500 e. The van der Waals surface area contributed by atoms with E-state index in [0.29, 0.717) is 16.8 Å². The van der Waals surface area contributed by atoms with E-state index in [9.17, 15) is 19.5 Å². The molecule has 2 aromatic carbocycles. The SMILES string of the molecule is CO/C=C(/Oc1ccc(-c2cccc(NC(C)=O)c2)cc1C(=O)O)C(=O)OC. The van der Waals surface area contributed by atoms with Crippen molar-refractivity contribution in [3.8, 4) is 16.9 Å². The third-order valence-corrected chi connectivity index (χ3v) is 3.56. The van der Waals surface area contributed by atoms with Gasteiger partial charge in [0.05, 0.1) is 14.2 Å². The molecule has 8 nitrogen and oxygen atoms in total. The van der Waals surface area contributed by atoms with Gasteiger partial charge in [0.1, 0.15) is 17.6 Å². The Morgan fingerprint density at radius 2 is 1.75 bits per heavy atom. The number of carboxylic acids is 1. The van der Waals surface area contributed by atoms with Crippen molar-refractivity contribution in [2.45, 2.75) is 6.92 Å². The van der Waals surface area contributed by atoms with Gasteiger partial charge in [-0.25, -0.2) is 9.59 Å². The Hall–Kier alpha value is -3.81. The molecule has 28 heavy (non-hydrogen) atoms. The molecular weight excluding hydrogens is 366 g/mol. The zero-order chi connectivity index (χ0) is 20.7. The maximum absolute atomic E-state index is 11.7. The number of rotatable bonds is 7. The van der Waals surface area contributed by atoms with Crippen LogP contribution in [-0.4, -0.2) is 37.2 Å². The van der Waals surface area contributed by atoms with Crippen molar-refractivity contribution in [1.82, 2.24) is 0 Å². The summed E-state index contributed by atoms with van der Waals surface area (Å²) in [6, 6.07) is 11.4. The van der Waals surface area contributed by atoms with E-state index in [-0.39, 0.29) is 23.0 Å². The molecule has 0 bridgehead atoms. The lowest BCUT2D eigenvalue weighted by Gasteiger charge is -2.12. The van der Waals surface area contributed by atoms with Gasteiger partial charge in [-0.15, -0.1) is 0 Å². The Labute approximate surface area is 161 Å². The average Bonchev–Trinajstić information content (AvgIpc) is 2.66. The van der Waals surface area contributed by atoms with Crippen LogP contribution in [0.4, 0.5) is 5.69 Å². The summed E-state index contributed by atoms with van der Waals surface area (Å²) in [5, 5.41) is 12.2.